The Morgan fingerprint density at radius 2 is 2.08 bits per heavy atom. The maximum Gasteiger partial charge on any atom is 0.178 e. The van der Waals surface area contributed by atoms with Crippen molar-refractivity contribution >= 4 is 11.5 Å². The molecule has 4 rings (SSSR count). The second-order valence-electron chi connectivity index (χ2n) is 6.81. The quantitative estimate of drug-likeness (QED) is 0.754. The van der Waals surface area contributed by atoms with E-state index in [4.69, 9.17) is 0 Å². The maximum absolute atomic E-state index is 11.0. The summed E-state index contributed by atoms with van der Waals surface area (Å²) in [5.74, 6) is 1.63. The van der Waals surface area contributed by atoms with Gasteiger partial charge in [-0.2, -0.15) is 4.52 Å². The van der Waals surface area contributed by atoms with E-state index in [1.54, 1.807) is 9.20 Å². The third-order valence-corrected chi connectivity index (χ3v) is 4.72. The Labute approximate surface area is 145 Å². The van der Waals surface area contributed by atoms with Gasteiger partial charge in [-0.3, -0.25) is 0 Å². The molecule has 3 aromatic rings. The van der Waals surface area contributed by atoms with Crippen LogP contribution in [0.4, 0.5) is 5.82 Å². The lowest BCUT2D eigenvalue weighted by Crippen LogP contribution is -2.31. The monoisotopic (exact) mass is 342 g/mol. The Hall–Kier alpha value is -2.55. The molecule has 1 N–H and O–H groups in total. The van der Waals surface area contributed by atoms with Gasteiger partial charge in [0.15, 0.2) is 11.5 Å². The third-order valence-electron chi connectivity index (χ3n) is 4.72. The van der Waals surface area contributed by atoms with Crippen molar-refractivity contribution in [2.45, 2.75) is 45.3 Å². The van der Waals surface area contributed by atoms with E-state index in [0.717, 1.165) is 23.7 Å². The molecular weight excluding hydrogens is 320 g/mol. The number of rotatable bonds is 4. The second-order valence-corrected chi connectivity index (χ2v) is 6.81. The first-order valence-electron chi connectivity index (χ1n) is 8.61. The summed E-state index contributed by atoms with van der Waals surface area (Å²) in [5.41, 5.74) is 0.336. The number of nitrogens with zero attached hydrogens (tertiary/aromatic N) is 8. The number of fused-ring (bicyclic) bond motifs is 1. The fourth-order valence-corrected chi connectivity index (χ4v) is 3.15. The SMILES string of the molecule is CCc1nnc2ccc(N3CCC(O)(c4cn(C(C)C)nn4)C3)nn12. The summed E-state index contributed by atoms with van der Waals surface area (Å²) < 4.78 is 3.53. The molecule has 0 aliphatic carbocycles. The van der Waals surface area contributed by atoms with Gasteiger partial charge in [0.2, 0.25) is 0 Å². The molecule has 1 aliphatic rings. The molecular formula is C16H22N8O. The summed E-state index contributed by atoms with van der Waals surface area (Å²) in [5, 5.41) is 32.2. The highest BCUT2D eigenvalue weighted by atomic mass is 16.3. The van der Waals surface area contributed by atoms with E-state index in [-0.39, 0.29) is 6.04 Å². The minimum Gasteiger partial charge on any atom is -0.381 e. The molecule has 0 saturated carbocycles. The minimum absolute atomic E-state index is 0.215. The lowest BCUT2D eigenvalue weighted by molar-refractivity contribution is 0.0558. The van der Waals surface area contributed by atoms with E-state index in [1.165, 1.54) is 0 Å². The van der Waals surface area contributed by atoms with E-state index < -0.39 is 5.60 Å². The first-order valence-corrected chi connectivity index (χ1v) is 8.61. The molecule has 3 aromatic heterocycles. The standard InChI is InChI=1S/C16H22N8O/c1-4-13-18-19-14-5-6-15(20-24(13)14)22-8-7-16(25,10-22)12-9-23(11(2)3)21-17-12/h5-6,9,11,25H,4,7-8,10H2,1-3H3. The van der Waals surface area contributed by atoms with Crippen molar-refractivity contribution < 1.29 is 5.11 Å². The molecule has 9 nitrogen and oxygen atoms in total. The molecule has 1 aliphatic heterocycles. The van der Waals surface area contributed by atoms with Crippen molar-refractivity contribution in [2.75, 3.05) is 18.0 Å². The van der Waals surface area contributed by atoms with E-state index >= 15 is 0 Å². The molecule has 1 unspecified atom stereocenters. The van der Waals surface area contributed by atoms with E-state index in [1.807, 2.05) is 39.1 Å². The zero-order valence-electron chi connectivity index (χ0n) is 14.7. The van der Waals surface area contributed by atoms with Crippen LogP contribution in [-0.4, -0.2) is 53.0 Å². The lowest BCUT2D eigenvalue weighted by atomic mass is 10.00. The van der Waals surface area contributed by atoms with E-state index in [9.17, 15) is 5.11 Å². The predicted molar refractivity (Wildman–Crippen MR) is 91.3 cm³/mol. The highest BCUT2D eigenvalue weighted by Gasteiger charge is 2.41. The fourth-order valence-electron chi connectivity index (χ4n) is 3.15. The van der Waals surface area contributed by atoms with E-state index in [0.29, 0.717) is 25.2 Å². The molecule has 25 heavy (non-hydrogen) atoms. The Morgan fingerprint density at radius 3 is 2.80 bits per heavy atom. The van der Waals surface area contributed by atoms with Crippen LogP contribution in [0.5, 0.6) is 0 Å². The van der Waals surface area contributed by atoms with Crippen LogP contribution in [-0.2, 0) is 12.0 Å². The average Bonchev–Trinajstić information content (AvgIpc) is 3.32. The summed E-state index contributed by atoms with van der Waals surface area (Å²) in [4.78, 5) is 2.06. The Morgan fingerprint density at radius 1 is 1.24 bits per heavy atom. The van der Waals surface area contributed by atoms with Crippen LogP contribution >= 0.6 is 0 Å². The van der Waals surface area contributed by atoms with Crippen LogP contribution in [0.15, 0.2) is 18.3 Å². The van der Waals surface area contributed by atoms with Crippen molar-refractivity contribution in [3.05, 3.63) is 29.8 Å². The fraction of sp³-hybridized carbons (Fsp3) is 0.562. The van der Waals surface area contributed by atoms with Gasteiger partial charge in [-0.15, -0.1) is 20.4 Å². The van der Waals surface area contributed by atoms with Crippen molar-refractivity contribution in [2.24, 2.45) is 0 Å². The molecule has 0 radical (unpaired) electrons. The highest BCUT2D eigenvalue weighted by molar-refractivity contribution is 5.47. The van der Waals surface area contributed by atoms with Crippen molar-refractivity contribution in [1.82, 2.24) is 34.8 Å². The van der Waals surface area contributed by atoms with Crippen molar-refractivity contribution in [1.29, 1.82) is 0 Å². The Kier molecular flexibility index (Phi) is 3.68. The summed E-state index contributed by atoms with van der Waals surface area (Å²) in [6.45, 7) is 7.23. The summed E-state index contributed by atoms with van der Waals surface area (Å²) >= 11 is 0. The Bertz CT molecular complexity index is 901. The molecule has 0 amide bonds. The topological polar surface area (TPSA) is 97.3 Å². The number of anilines is 1. The molecule has 1 atom stereocenters. The largest absolute Gasteiger partial charge is 0.381 e. The van der Waals surface area contributed by atoms with Gasteiger partial charge in [-0.05, 0) is 26.0 Å². The van der Waals surface area contributed by atoms with Crippen LogP contribution in [0, 0.1) is 0 Å². The highest BCUT2D eigenvalue weighted by Crippen LogP contribution is 2.33. The van der Waals surface area contributed by atoms with Gasteiger partial charge < -0.3 is 10.0 Å². The normalized spacial score (nSPS) is 20.9. The molecule has 0 spiro atoms. The summed E-state index contributed by atoms with van der Waals surface area (Å²) in [6.07, 6.45) is 3.19. The molecule has 1 saturated heterocycles. The number of β-amino-alcohol motifs (C(OH)–C–C–N with tert-alkyl or cyclic N) is 1. The van der Waals surface area contributed by atoms with Crippen LogP contribution in [0.1, 0.15) is 44.8 Å². The zero-order valence-corrected chi connectivity index (χ0v) is 14.7. The number of aryl methyl sites for hydroxylation is 1. The van der Waals surface area contributed by atoms with Gasteiger partial charge in [0.1, 0.15) is 17.1 Å². The smallest absolute Gasteiger partial charge is 0.178 e. The van der Waals surface area contributed by atoms with Gasteiger partial charge in [0, 0.05) is 25.4 Å². The molecule has 132 valence electrons. The third kappa shape index (κ3) is 2.64. The summed E-state index contributed by atoms with van der Waals surface area (Å²) in [6, 6.07) is 4.04. The van der Waals surface area contributed by atoms with Crippen LogP contribution in [0.2, 0.25) is 0 Å². The van der Waals surface area contributed by atoms with Gasteiger partial charge >= 0.3 is 0 Å². The van der Waals surface area contributed by atoms with Crippen LogP contribution < -0.4 is 4.90 Å². The second kappa shape index (κ2) is 5.76. The number of aromatic nitrogens is 7. The molecule has 0 aromatic carbocycles. The Balaban J connectivity index is 1.61. The first-order chi connectivity index (χ1) is 12.0. The first kappa shape index (κ1) is 15.9. The predicted octanol–water partition coefficient (Wildman–Crippen LogP) is 0.957. The van der Waals surface area contributed by atoms with Gasteiger partial charge in [-0.25, -0.2) is 4.68 Å². The molecule has 1 fully saturated rings. The molecule has 9 heteroatoms. The van der Waals surface area contributed by atoms with Gasteiger partial charge in [-0.1, -0.05) is 12.1 Å². The summed E-state index contributed by atoms with van der Waals surface area (Å²) in [7, 11) is 0. The number of hydrogen-bond acceptors (Lipinski definition) is 7. The number of hydrogen-bond donors (Lipinski definition) is 1. The van der Waals surface area contributed by atoms with Crippen molar-refractivity contribution in [3.8, 4) is 0 Å². The van der Waals surface area contributed by atoms with Gasteiger partial charge in [0.05, 0.1) is 12.7 Å². The molecule has 0 bridgehead atoms. The lowest BCUT2D eigenvalue weighted by Gasteiger charge is -2.21. The van der Waals surface area contributed by atoms with Gasteiger partial charge in [0.25, 0.3) is 0 Å². The maximum atomic E-state index is 11.0. The minimum atomic E-state index is -1.01. The van der Waals surface area contributed by atoms with Crippen LogP contribution in [0.3, 0.4) is 0 Å². The number of aliphatic hydroxyl groups is 1. The molecule has 4 heterocycles. The van der Waals surface area contributed by atoms with E-state index in [2.05, 4.69) is 30.5 Å². The van der Waals surface area contributed by atoms with Crippen molar-refractivity contribution in [3.63, 3.8) is 0 Å². The van der Waals surface area contributed by atoms with Crippen LogP contribution in [0.25, 0.3) is 5.65 Å². The zero-order chi connectivity index (χ0) is 17.6. The average molecular weight is 342 g/mol.